The number of rotatable bonds is 4. The summed E-state index contributed by atoms with van der Waals surface area (Å²) in [7, 11) is 0. The van der Waals surface area contributed by atoms with Gasteiger partial charge in [0.1, 0.15) is 12.0 Å². The highest BCUT2D eigenvalue weighted by Gasteiger charge is 2.73. The van der Waals surface area contributed by atoms with E-state index in [1.807, 2.05) is 23.1 Å². The normalized spacial score (nSPS) is 25.4. The number of nitriles is 1. The summed E-state index contributed by atoms with van der Waals surface area (Å²) in [5.41, 5.74) is 2.86. The number of carboxylic acids is 1. The summed E-state index contributed by atoms with van der Waals surface area (Å²) in [6.45, 7) is 2.35. The molecule has 1 spiro atoms. The number of fused-ring (bicyclic) bond motifs is 2. The molecule has 0 saturated heterocycles. The van der Waals surface area contributed by atoms with E-state index in [1.165, 1.54) is 18.2 Å². The van der Waals surface area contributed by atoms with Gasteiger partial charge in [0.25, 0.3) is 0 Å². The number of anilines is 1. The number of aliphatic hydroxyl groups is 1. The van der Waals surface area contributed by atoms with Crippen molar-refractivity contribution in [3.63, 3.8) is 0 Å². The second kappa shape index (κ2) is 6.91. The largest absolute Gasteiger partial charge is 0.478 e. The molecule has 3 aromatic rings. The quantitative estimate of drug-likeness (QED) is 0.646. The number of nitrogens with zero attached hydrogens (tertiary/aromatic N) is 2. The molecular formula is C26H21FN2O3. The summed E-state index contributed by atoms with van der Waals surface area (Å²) in [6, 6.07) is 20.6. The highest BCUT2D eigenvalue weighted by atomic mass is 19.1. The van der Waals surface area contributed by atoms with Gasteiger partial charge in [-0.3, -0.25) is 0 Å². The minimum Gasteiger partial charge on any atom is -0.478 e. The molecule has 2 N–H and O–H groups in total. The Labute approximate surface area is 185 Å². The number of aromatic carboxylic acids is 1. The van der Waals surface area contributed by atoms with Gasteiger partial charge in [-0.1, -0.05) is 31.2 Å². The molecule has 1 saturated carbocycles. The van der Waals surface area contributed by atoms with Gasteiger partial charge in [-0.15, -0.1) is 0 Å². The summed E-state index contributed by atoms with van der Waals surface area (Å²) in [6.07, 6.45) is -0.275. The first-order chi connectivity index (χ1) is 15.3. The average Bonchev–Trinajstić information content (AvgIpc) is 3.38. The summed E-state index contributed by atoms with van der Waals surface area (Å²) in [5, 5.41) is 30.0. The maximum atomic E-state index is 14.3. The lowest BCUT2D eigenvalue weighted by molar-refractivity contribution is 0.0696. The monoisotopic (exact) mass is 428 g/mol. The van der Waals surface area contributed by atoms with Crippen LogP contribution >= 0.6 is 0 Å². The lowest BCUT2D eigenvalue weighted by Gasteiger charge is -2.29. The van der Waals surface area contributed by atoms with Crippen LogP contribution in [0.3, 0.4) is 0 Å². The third-order valence-corrected chi connectivity index (χ3v) is 7.15. The second-order valence-electron chi connectivity index (χ2n) is 8.84. The van der Waals surface area contributed by atoms with Crippen molar-refractivity contribution in [2.45, 2.75) is 36.9 Å². The van der Waals surface area contributed by atoms with Gasteiger partial charge in [0.2, 0.25) is 0 Å². The van der Waals surface area contributed by atoms with Gasteiger partial charge in [0, 0.05) is 17.6 Å². The van der Waals surface area contributed by atoms with E-state index in [4.69, 9.17) is 5.26 Å². The zero-order chi connectivity index (χ0) is 22.7. The number of benzene rings is 3. The fourth-order valence-corrected chi connectivity index (χ4v) is 5.38. The van der Waals surface area contributed by atoms with Crippen LogP contribution in [0.4, 0.5) is 10.1 Å². The molecule has 0 radical (unpaired) electrons. The van der Waals surface area contributed by atoms with E-state index in [0.717, 1.165) is 22.4 Å². The Hall–Kier alpha value is -3.69. The molecule has 5 nitrogen and oxygen atoms in total. The molecule has 5 rings (SSSR count). The van der Waals surface area contributed by atoms with Gasteiger partial charge in [-0.05, 0) is 65.6 Å². The fourth-order valence-electron chi connectivity index (χ4n) is 5.38. The highest BCUT2D eigenvalue weighted by Crippen LogP contribution is 2.71. The summed E-state index contributed by atoms with van der Waals surface area (Å²) in [4.78, 5) is 13.2. The van der Waals surface area contributed by atoms with Gasteiger partial charge in [-0.25, -0.2) is 9.18 Å². The number of carbonyl (C=O) groups is 1. The summed E-state index contributed by atoms with van der Waals surface area (Å²) < 4.78 is 14.3. The van der Waals surface area contributed by atoms with E-state index < -0.39 is 23.0 Å². The van der Waals surface area contributed by atoms with Crippen LogP contribution in [-0.2, 0) is 17.4 Å². The van der Waals surface area contributed by atoms with Crippen LogP contribution < -0.4 is 4.90 Å². The third kappa shape index (κ3) is 2.75. The molecule has 3 aromatic carbocycles. The molecule has 160 valence electrons. The topological polar surface area (TPSA) is 84.6 Å². The summed E-state index contributed by atoms with van der Waals surface area (Å²) >= 11 is 0. The van der Waals surface area contributed by atoms with Crippen LogP contribution in [0.15, 0.2) is 66.7 Å². The number of aliphatic hydroxyl groups excluding tert-OH is 1. The van der Waals surface area contributed by atoms with Gasteiger partial charge in [0.05, 0.1) is 22.6 Å². The van der Waals surface area contributed by atoms with Crippen LogP contribution in [0.5, 0.6) is 0 Å². The first-order valence-electron chi connectivity index (χ1n) is 10.4. The van der Waals surface area contributed by atoms with Gasteiger partial charge in [-0.2, -0.15) is 5.26 Å². The van der Waals surface area contributed by atoms with E-state index in [2.05, 4.69) is 13.0 Å². The van der Waals surface area contributed by atoms with Crippen LogP contribution in [-0.4, -0.2) is 22.4 Å². The molecule has 1 aliphatic heterocycles. The van der Waals surface area contributed by atoms with Crippen LogP contribution in [0.25, 0.3) is 0 Å². The number of carboxylic acid groups (broad SMARTS) is 1. The molecule has 2 aliphatic rings. The Morgan fingerprint density at radius 3 is 2.62 bits per heavy atom. The van der Waals surface area contributed by atoms with Crippen LogP contribution in [0.2, 0.25) is 0 Å². The SMILES string of the molecule is C[C@@]1(c2ccc(C#N)cc2)C[C@]12c1cc(F)ccc1N(Cc1cccc(C(=O)O)c1)C2O. The molecule has 3 atom stereocenters. The van der Waals surface area contributed by atoms with E-state index in [-0.39, 0.29) is 11.4 Å². The molecule has 32 heavy (non-hydrogen) atoms. The molecule has 1 fully saturated rings. The highest BCUT2D eigenvalue weighted by molar-refractivity contribution is 5.87. The minimum atomic E-state index is -1.01. The minimum absolute atomic E-state index is 0.180. The van der Waals surface area contributed by atoms with E-state index in [9.17, 15) is 19.4 Å². The van der Waals surface area contributed by atoms with E-state index in [1.54, 1.807) is 30.3 Å². The van der Waals surface area contributed by atoms with E-state index in [0.29, 0.717) is 18.5 Å². The molecule has 0 bridgehead atoms. The van der Waals surface area contributed by atoms with Crippen molar-refractivity contribution in [3.05, 3.63) is 100 Å². The maximum absolute atomic E-state index is 14.3. The van der Waals surface area contributed by atoms with Crippen molar-refractivity contribution in [1.82, 2.24) is 0 Å². The Morgan fingerprint density at radius 1 is 1.19 bits per heavy atom. The first kappa shape index (κ1) is 20.2. The average molecular weight is 428 g/mol. The smallest absolute Gasteiger partial charge is 0.335 e. The lowest BCUT2D eigenvalue weighted by atomic mass is 9.82. The number of hydrogen-bond acceptors (Lipinski definition) is 4. The molecular weight excluding hydrogens is 407 g/mol. The predicted octanol–water partition coefficient (Wildman–Crippen LogP) is 4.33. The van der Waals surface area contributed by atoms with Crippen molar-refractivity contribution in [3.8, 4) is 6.07 Å². The van der Waals surface area contributed by atoms with Crippen molar-refractivity contribution in [2.24, 2.45) is 0 Å². The number of halogens is 1. The van der Waals surface area contributed by atoms with Crippen molar-refractivity contribution < 1.29 is 19.4 Å². The van der Waals surface area contributed by atoms with Crippen LogP contribution in [0, 0.1) is 17.1 Å². The molecule has 1 aliphatic carbocycles. The number of hydrogen-bond donors (Lipinski definition) is 2. The fraction of sp³-hybridized carbons (Fsp3) is 0.231. The first-order valence-corrected chi connectivity index (χ1v) is 10.4. The Kier molecular flexibility index (Phi) is 4.37. The standard InChI is InChI=1S/C26H21FN2O3/c1-25(19-7-5-16(13-28)6-8-19)15-26(25)21-12-20(27)9-10-22(21)29(24(26)32)14-17-3-2-4-18(11-17)23(30)31/h2-12,24,32H,14-15H2,1H3,(H,30,31)/t24?,25-,26+/m0/s1. The molecule has 1 unspecified atom stereocenters. The zero-order valence-corrected chi connectivity index (χ0v) is 17.4. The van der Waals surface area contributed by atoms with Crippen molar-refractivity contribution >= 4 is 11.7 Å². The Bertz CT molecular complexity index is 1280. The van der Waals surface area contributed by atoms with Gasteiger partial charge >= 0.3 is 5.97 Å². The second-order valence-corrected chi connectivity index (χ2v) is 8.84. The zero-order valence-electron chi connectivity index (χ0n) is 17.4. The lowest BCUT2D eigenvalue weighted by Crippen LogP contribution is -2.40. The summed E-state index contributed by atoms with van der Waals surface area (Å²) in [5.74, 6) is -1.37. The molecule has 0 amide bonds. The van der Waals surface area contributed by atoms with Crippen LogP contribution in [0.1, 0.15) is 46.0 Å². The van der Waals surface area contributed by atoms with Crippen molar-refractivity contribution in [1.29, 1.82) is 5.26 Å². The third-order valence-electron chi connectivity index (χ3n) is 7.15. The molecule has 0 aromatic heterocycles. The predicted molar refractivity (Wildman–Crippen MR) is 117 cm³/mol. The molecule has 1 heterocycles. The van der Waals surface area contributed by atoms with Gasteiger partial charge in [0.15, 0.2) is 0 Å². The molecule has 6 heteroatoms. The Balaban J connectivity index is 1.56. The van der Waals surface area contributed by atoms with Gasteiger partial charge < -0.3 is 15.1 Å². The maximum Gasteiger partial charge on any atom is 0.335 e. The Morgan fingerprint density at radius 2 is 1.94 bits per heavy atom. The van der Waals surface area contributed by atoms with Crippen molar-refractivity contribution in [2.75, 3.05) is 4.90 Å². The van der Waals surface area contributed by atoms with E-state index >= 15 is 0 Å².